The molecular weight excluding hydrogens is 324 g/mol. The zero-order valence-electron chi connectivity index (χ0n) is 14.0. The first-order valence-electron chi connectivity index (χ1n) is 7.93. The molecule has 0 aliphatic rings. The Kier molecular flexibility index (Phi) is 8.03. The molecule has 0 N–H and O–H groups in total. The lowest BCUT2D eigenvalue weighted by atomic mass is 10.2. The Bertz CT molecular complexity index is 567. The highest BCUT2D eigenvalue weighted by atomic mass is 32.2. The van der Waals surface area contributed by atoms with Crippen molar-refractivity contribution in [1.82, 2.24) is 0 Å². The van der Waals surface area contributed by atoms with Crippen LogP contribution in [0.15, 0.2) is 58.3 Å². The van der Waals surface area contributed by atoms with E-state index in [2.05, 4.69) is 69.3 Å². The molecule has 0 aliphatic heterocycles. The van der Waals surface area contributed by atoms with Crippen LogP contribution in [0, 0.1) is 13.8 Å². The molecule has 2 aromatic rings. The number of aryl methyl sites for hydroxylation is 2. The third kappa shape index (κ3) is 7.00. The average Bonchev–Trinajstić information content (AvgIpc) is 2.57. The van der Waals surface area contributed by atoms with E-state index in [1.165, 1.54) is 35.2 Å². The number of benzene rings is 2. The SMILES string of the molecule is CCC(CCOSc1ccc(C)cc1)OSc1ccc(C)cc1. The van der Waals surface area contributed by atoms with Gasteiger partial charge in [-0.2, -0.15) is 0 Å². The highest BCUT2D eigenvalue weighted by Gasteiger charge is 2.08. The molecule has 2 nitrogen and oxygen atoms in total. The van der Waals surface area contributed by atoms with E-state index in [4.69, 9.17) is 8.37 Å². The zero-order chi connectivity index (χ0) is 16.5. The van der Waals surface area contributed by atoms with E-state index in [1.54, 1.807) is 0 Å². The fourth-order valence-electron chi connectivity index (χ4n) is 1.92. The van der Waals surface area contributed by atoms with E-state index >= 15 is 0 Å². The van der Waals surface area contributed by atoms with Crippen LogP contribution >= 0.6 is 24.1 Å². The molecule has 1 atom stereocenters. The third-order valence-corrected chi connectivity index (χ3v) is 5.04. The van der Waals surface area contributed by atoms with E-state index in [1.807, 2.05) is 0 Å². The van der Waals surface area contributed by atoms with E-state index in [0.29, 0.717) is 6.61 Å². The van der Waals surface area contributed by atoms with Gasteiger partial charge in [0.05, 0.1) is 12.7 Å². The van der Waals surface area contributed by atoms with Gasteiger partial charge < -0.3 is 8.37 Å². The van der Waals surface area contributed by atoms with Crippen molar-refractivity contribution in [3.05, 3.63) is 59.7 Å². The van der Waals surface area contributed by atoms with Gasteiger partial charge in [0.25, 0.3) is 0 Å². The quantitative estimate of drug-likeness (QED) is 0.395. The summed E-state index contributed by atoms with van der Waals surface area (Å²) in [6.45, 7) is 7.01. The molecule has 0 aliphatic carbocycles. The molecular formula is C19H24O2S2. The van der Waals surface area contributed by atoms with Crippen LogP contribution in [0.4, 0.5) is 0 Å². The summed E-state index contributed by atoms with van der Waals surface area (Å²) in [5, 5.41) is 0. The van der Waals surface area contributed by atoms with Crippen LogP contribution in [-0.2, 0) is 8.37 Å². The molecule has 1 unspecified atom stereocenters. The van der Waals surface area contributed by atoms with Gasteiger partial charge in [-0.05, 0) is 51.0 Å². The highest BCUT2D eigenvalue weighted by Crippen LogP contribution is 2.24. The molecule has 124 valence electrons. The topological polar surface area (TPSA) is 18.5 Å². The maximum absolute atomic E-state index is 5.91. The van der Waals surface area contributed by atoms with Gasteiger partial charge in [-0.1, -0.05) is 42.3 Å². The summed E-state index contributed by atoms with van der Waals surface area (Å²) in [4.78, 5) is 2.28. The van der Waals surface area contributed by atoms with Gasteiger partial charge in [-0.15, -0.1) is 0 Å². The Morgan fingerprint density at radius 3 is 1.87 bits per heavy atom. The summed E-state index contributed by atoms with van der Waals surface area (Å²) in [6, 6.07) is 16.8. The zero-order valence-corrected chi connectivity index (χ0v) is 15.6. The van der Waals surface area contributed by atoms with Gasteiger partial charge in [0, 0.05) is 33.9 Å². The maximum Gasteiger partial charge on any atom is 0.0746 e. The fourth-order valence-corrected chi connectivity index (χ4v) is 3.21. The molecule has 0 radical (unpaired) electrons. The number of hydrogen-bond acceptors (Lipinski definition) is 4. The smallest absolute Gasteiger partial charge is 0.0746 e. The second-order valence-corrected chi connectivity index (χ2v) is 7.23. The van der Waals surface area contributed by atoms with Crippen molar-refractivity contribution >= 4 is 24.1 Å². The van der Waals surface area contributed by atoms with Crippen LogP contribution in [-0.4, -0.2) is 12.7 Å². The minimum atomic E-state index is 0.208. The lowest BCUT2D eigenvalue weighted by Crippen LogP contribution is -2.10. The van der Waals surface area contributed by atoms with E-state index < -0.39 is 0 Å². The molecule has 2 aromatic carbocycles. The molecule has 0 bridgehead atoms. The molecule has 4 heteroatoms. The highest BCUT2D eigenvalue weighted by molar-refractivity contribution is 7.95. The van der Waals surface area contributed by atoms with Gasteiger partial charge in [0.2, 0.25) is 0 Å². The second kappa shape index (κ2) is 10.0. The Morgan fingerprint density at radius 2 is 1.35 bits per heavy atom. The van der Waals surface area contributed by atoms with Crippen molar-refractivity contribution in [3.8, 4) is 0 Å². The molecule has 0 heterocycles. The van der Waals surface area contributed by atoms with Crippen molar-refractivity contribution in [3.63, 3.8) is 0 Å². The minimum absolute atomic E-state index is 0.208. The molecule has 0 fully saturated rings. The summed E-state index contributed by atoms with van der Waals surface area (Å²) < 4.78 is 11.6. The van der Waals surface area contributed by atoms with E-state index in [9.17, 15) is 0 Å². The van der Waals surface area contributed by atoms with Gasteiger partial charge in [0.15, 0.2) is 0 Å². The molecule has 0 saturated carbocycles. The molecule has 2 rings (SSSR count). The fraction of sp³-hybridized carbons (Fsp3) is 0.368. The Hall–Kier alpha value is -0.940. The molecule has 0 spiro atoms. The Balaban J connectivity index is 1.66. The molecule has 0 amide bonds. The van der Waals surface area contributed by atoms with Crippen LogP contribution in [0.3, 0.4) is 0 Å². The van der Waals surface area contributed by atoms with Crippen molar-refractivity contribution in [2.45, 2.75) is 49.5 Å². The predicted molar refractivity (Wildman–Crippen MR) is 99.8 cm³/mol. The van der Waals surface area contributed by atoms with E-state index in [0.717, 1.165) is 22.6 Å². The van der Waals surface area contributed by atoms with Crippen LogP contribution in [0.25, 0.3) is 0 Å². The monoisotopic (exact) mass is 348 g/mol. The first-order valence-corrected chi connectivity index (χ1v) is 9.42. The Labute approximate surface area is 148 Å². The van der Waals surface area contributed by atoms with Crippen molar-refractivity contribution in [1.29, 1.82) is 0 Å². The van der Waals surface area contributed by atoms with Crippen LogP contribution in [0.5, 0.6) is 0 Å². The summed E-state index contributed by atoms with van der Waals surface area (Å²) in [7, 11) is 0. The molecule has 0 aromatic heterocycles. The van der Waals surface area contributed by atoms with Gasteiger partial charge >= 0.3 is 0 Å². The van der Waals surface area contributed by atoms with Gasteiger partial charge in [-0.25, -0.2) is 0 Å². The lowest BCUT2D eigenvalue weighted by Gasteiger charge is -2.14. The maximum atomic E-state index is 5.91. The molecule has 23 heavy (non-hydrogen) atoms. The number of hydrogen-bond donors (Lipinski definition) is 0. The van der Waals surface area contributed by atoms with E-state index in [-0.39, 0.29) is 6.10 Å². The lowest BCUT2D eigenvalue weighted by molar-refractivity contribution is 0.193. The Morgan fingerprint density at radius 1 is 0.826 bits per heavy atom. The van der Waals surface area contributed by atoms with Crippen LogP contribution in [0.2, 0.25) is 0 Å². The van der Waals surface area contributed by atoms with Crippen molar-refractivity contribution < 1.29 is 8.37 Å². The first kappa shape index (κ1) is 18.4. The third-order valence-electron chi connectivity index (χ3n) is 3.46. The first-order chi connectivity index (χ1) is 11.2. The summed E-state index contributed by atoms with van der Waals surface area (Å²) in [5.74, 6) is 0. The average molecular weight is 349 g/mol. The van der Waals surface area contributed by atoms with Crippen molar-refractivity contribution in [2.75, 3.05) is 6.61 Å². The minimum Gasteiger partial charge on any atom is -0.310 e. The van der Waals surface area contributed by atoms with Crippen LogP contribution in [0.1, 0.15) is 30.9 Å². The van der Waals surface area contributed by atoms with Gasteiger partial charge in [0.1, 0.15) is 0 Å². The summed E-state index contributed by atoms with van der Waals surface area (Å²) in [5.41, 5.74) is 2.53. The van der Waals surface area contributed by atoms with Crippen molar-refractivity contribution in [2.24, 2.45) is 0 Å². The normalized spacial score (nSPS) is 12.3. The second-order valence-electron chi connectivity index (χ2n) is 5.53. The summed E-state index contributed by atoms with van der Waals surface area (Å²) >= 11 is 2.89. The van der Waals surface area contributed by atoms with Gasteiger partial charge in [-0.3, -0.25) is 0 Å². The van der Waals surface area contributed by atoms with Crippen LogP contribution < -0.4 is 0 Å². The summed E-state index contributed by atoms with van der Waals surface area (Å²) in [6.07, 6.45) is 2.09. The number of rotatable bonds is 9. The largest absolute Gasteiger partial charge is 0.310 e. The molecule has 0 saturated heterocycles. The predicted octanol–water partition coefficient (Wildman–Crippen LogP) is 6.22. The standard InChI is InChI=1S/C19H24O2S2/c1-4-17(21-23-19-11-7-16(3)8-12-19)13-14-20-22-18-9-5-15(2)6-10-18/h5-12,17H,4,13-14H2,1-3H3.